The van der Waals surface area contributed by atoms with Gasteiger partial charge < -0.3 is 15.7 Å². The van der Waals surface area contributed by atoms with Gasteiger partial charge in [0.15, 0.2) is 0 Å². The Hall–Kier alpha value is -3.78. The van der Waals surface area contributed by atoms with Crippen LogP contribution in [0.2, 0.25) is 0 Å². The summed E-state index contributed by atoms with van der Waals surface area (Å²) in [7, 11) is 1.78. The summed E-state index contributed by atoms with van der Waals surface area (Å²) in [6, 6.07) is 14.7. The summed E-state index contributed by atoms with van der Waals surface area (Å²) in [5.74, 6) is -4.56. The van der Waals surface area contributed by atoms with Crippen LogP contribution in [0, 0.1) is 39.5 Å². The van der Waals surface area contributed by atoms with Crippen molar-refractivity contribution in [3.63, 3.8) is 0 Å². The molecule has 194 valence electrons. The van der Waals surface area contributed by atoms with E-state index in [9.17, 15) is 19.5 Å². The summed E-state index contributed by atoms with van der Waals surface area (Å²) in [5.41, 5.74) is 3.21. The van der Waals surface area contributed by atoms with Gasteiger partial charge in [0.25, 0.3) is 0 Å². The molecule has 0 radical (unpaired) electrons. The molecular weight excluding hydrogens is 468 g/mol. The highest BCUT2D eigenvalue weighted by molar-refractivity contribution is 6.10. The summed E-state index contributed by atoms with van der Waals surface area (Å²) in [4.78, 5) is 41.2. The zero-order valence-electron chi connectivity index (χ0n) is 22.1. The van der Waals surface area contributed by atoms with Crippen LogP contribution in [0.3, 0.4) is 0 Å². The van der Waals surface area contributed by atoms with E-state index < -0.39 is 41.0 Å². The number of nitrogens with one attached hydrogen (secondary N) is 2. The molecule has 1 aliphatic rings. The fourth-order valence-corrected chi connectivity index (χ4v) is 5.56. The van der Waals surface area contributed by atoms with Crippen LogP contribution in [0.4, 0.5) is 11.4 Å². The number of amides is 2. The van der Waals surface area contributed by atoms with E-state index in [0.717, 1.165) is 16.8 Å². The lowest BCUT2D eigenvalue weighted by molar-refractivity contribution is -0.150. The van der Waals surface area contributed by atoms with Crippen LogP contribution in [-0.4, -0.2) is 38.1 Å². The highest BCUT2D eigenvalue weighted by Gasteiger charge is 2.57. The third-order valence-corrected chi connectivity index (χ3v) is 7.54. The molecule has 1 aromatic heterocycles. The number of carbonyl (C=O) groups is 3. The van der Waals surface area contributed by atoms with Crippen molar-refractivity contribution in [3.8, 4) is 0 Å². The lowest BCUT2D eigenvalue weighted by atomic mass is 9.60. The molecule has 0 aliphatic heterocycles. The van der Waals surface area contributed by atoms with Gasteiger partial charge in [0.1, 0.15) is 11.7 Å². The number of para-hydroxylation sites is 2. The largest absolute Gasteiger partial charge is 0.389 e. The predicted molar refractivity (Wildman–Crippen MR) is 142 cm³/mol. The van der Waals surface area contributed by atoms with Crippen molar-refractivity contribution in [2.45, 2.75) is 52.6 Å². The zero-order chi connectivity index (χ0) is 27.1. The highest BCUT2D eigenvalue weighted by atomic mass is 16.3. The molecule has 0 bridgehead atoms. The molecule has 2 amide bonds. The molecule has 2 aromatic carbocycles. The van der Waals surface area contributed by atoms with Gasteiger partial charge in [-0.25, -0.2) is 0 Å². The molecule has 4 rings (SSSR count). The quantitative estimate of drug-likeness (QED) is 0.457. The first kappa shape index (κ1) is 26.3. The maximum atomic E-state index is 13.9. The average molecular weight is 503 g/mol. The Balaban J connectivity index is 1.84. The van der Waals surface area contributed by atoms with Gasteiger partial charge in [0, 0.05) is 42.0 Å². The molecule has 1 aliphatic carbocycles. The van der Waals surface area contributed by atoms with E-state index in [-0.39, 0.29) is 6.42 Å². The summed E-state index contributed by atoms with van der Waals surface area (Å²) in [6.45, 7) is 8.88. The molecule has 0 saturated heterocycles. The van der Waals surface area contributed by atoms with Gasteiger partial charge in [0.2, 0.25) is 11.8 Å². The lowest BCUT2D eigenvalue weighted by Gasteiger charge is -2.44. The molecule has 37 heavy (non-hydrogen) atoms. The third-order valence-electron chi connectivity index (χ3n) is 7.54. The molecular formula is C29H34N4O4. The minimum atomic E-state index is -1.68. The number of benzene rings is 2. The molecule has 3 N–H and O–H groups in total. The number of hydrogen-bond donors (Lipinski definition) is 3. The highest BCUT2D eigenvalue weighted by Crippen LogP contribution is 2.48. The Morgan fingerprint density at radius 1 is 0.946 bits per heavy atom. The number of aryl methyl sites for hydroxylation is 4. The summed E-state index contributed by atoms with van der Waals surface area (Å²) in [5, 5.41) is 21.9. The van der Waals surface area contributed by atoms with Crippen LogP contribution in [0.15, 0.2) is 48.5 Å². The van der Waals surface area contributed by atoms with Crippen molar-refractivity contribution in [1.29, 1.82) is 0 Å². The maximum absolute atomic E-state index is 13.9. The van der Waals surface area contributed by atoms with E-state index >= 15 is 0 Å². The number of aliphatic hydroxyl groups is 1. The minimum Gasteiger partial charge on any atom is -0.389 e. The van der Waals surface area contributed by atoms with E-state index in [1.165, 1.54) is 6.92 Å². The van der Waals surface area contributed by atoms with Crippen molar-refractivity contribution >= 4 is 29.0 Å². The molecule has 0 unspecified atom stereocenters. The molecule has 4 atom stereocenters. The number of hydrogen-bond acceptors (Lipinski definition) is 5. The number of ketones is 1. The van der Waals surface area contributed by atoms with Gasteiger partial charge in [-0.1, -0.05) is 36.4 Å². The first-order valence-corrected chi connectivity index (χ1v) is 12.4. The number of Topliss-reactive ketones (excluding diaryl/α,β-unsaturated/α-hetero) is 1. The van der Waals surface area contributed by atoms with Crippen LogP contribution in [0.25, 0.3) is 0 Å². The molecule has 3 aromatic rings. The summed E-state index contributed by atoms with van der Waals surface area (Å²) in [6.07, 6.45) is -0.320. The second kappa shape index (κ2) is 9.94. The Morgan fingerprint density at radius 3 is 1.95 bits per heavy atom. The average Bonchev–Trinajstić information content (AvgIpc) is 3.06. The van der Waals surface area contributed by atoms with Crippen LogP contribution in [0.1, 0.15) is 47.3 Å². The molecule has 8 nitrogen and oxygen atoms in total. The van der Waals surface area contributed by atoms with Crippen LogP contribution < -0.4 is 10.6 Å². The van der Waals surface area contributed by atoms with Gasteiger partial charge >= 0.3 is 0 Å². The Morgan fingerprint density at radius 2 is 1.46 bits per heavy atom. The molecule has 0 spiro atoms. The molecule has 1 fully saturated rings. The van der Waals surface area contributed by atoms with Gasteiger partial charge in [0.05, 0.1) is 17.2 Å². The SMILES string of the molecule is Cc1ccccc1NC(=O)[C@@H]1C(=O)C[C@](C)(O)[C@@H](C(=O)Nc2ccccc2C)[C@@H]1c1c(C)nn(C)c1C. The fourth-order valence-electron chi connectivity index (χ4n) is 5.56. The lowest BCUT2D eigenvalue weighted by Crippen LogP contribution is -2.56. The second-order valence-corrected chi connectivity index (χ2v) is 10.3. The van der Waals surface area contributed by atoms with Crippen molar-refractivity contribution in [3.05, 3.63) is 76.6 Å². The van der Waals surface area contributed by atoms with Gasteiger partial charge in [-0.3, -0.25) is 19.1 Å². The standard InChI is InChI=1S/C29H34N4O4/c1-16-11-7-9-13-20(16)30-27(35)24-22(34)15-29(5,37)26(25(24)23-18(3)32-33(6)19(23)4)28(36)31-21-14-10-8-12-17(21)2/h7-14,24-26,37H,15H2,1-6H3,(H,30,35)(H,31,36)/t24-,25-,26-,29+/m1/s1. The first-order chi connectivity index (χ1) is 17.4. The molecule has 1 saturated carbocycles. The fraction of sp³-hybridized carbons (Fsp3) is 0.379. The van der Waals surface area contributed by atoms with E-state index in [4.69, 9.17) is 0 Å². The number of aromatic nitrogens is 2. The number of anilines is 2. The molecule has 1 heterocycles. The second-order valence-electron chi connectivity index (χ2n) is 10.3. The predicted octanol–water partition coefficient (Wildman–Crippen LogP) is 3.97. The topological polar surface area (TPSA) is 113 Å². The summed E-state index contributed by atoms with van der Waals surface area (Å²) < 4.78 is 1.67. The molecule has 8 heteroatoms. The van der Waals surface area contributed by atoms with Crippen LogP contribution >= 0.6 is 0 Å². The first-order valence-electron chi connectivity index (χ1n) is 12.4. The summed E-state index contributed by atoms with van der Waals surface area (Å²) >= 11 is 0. The normalized spacial score (nSPS) is 23.5. The minimum absolute atomic E-state index is 0.320. The van der Waals surface area contributed by atoms with Crippen molar-refractivity contribution in [2.24, 2.45) is 18.9 Å². The van der Waals surface area contributed by atoms with Crippen molar-refractivity contribution < 1.29 is 19.5 Å². The van der Waals surface area contributed by atoms with Crippen molar-refractivity contribution in [2.75, 3.05) is 10.6 Å². The van der Waals surface area contributed by atoms with E-state index in [0.29, 0.717) is 22.6 Å². The van der Waals surface area contributed by atoms with Crippen LogP contribution in [-0.2, 0) is 21.4 Å². The van der Waals surface area contributed by atoms with E-state index in [1.807, 2.05) is 51.1 Å². The third kappa shape index (κ3) is 4.93. The smallest absolute Gasteiger partial charge is 0.235 e. The van der Waals surface area contributed by atoms with Crippen LogP contribution in [0.5, 0.6) is 0 Å². The van der Waals surface area contributed by atoms with Gasteiger partial charge in [-0.05, 0) is 57.9 Å². The zero-order valence-corrected chi connectivity index (χ0v) is 22.1. The van der Waals surface area contributed by atoms with Gasteiger partial charge in [-0.15, -0.1) is 0 Å². The maximum Gasteiger partial charge on any atom is 0.235 e. The van der Waals surface area contributed by atoms with E-state index in [2.05, 4.69) is 15.7 Å². The van der Waals surface area contributed by atoms with E-state index in [1.54, 1.807) is 36.9 Å². The number of rotatable bonds is 5. The number of nitrogens with zero attached hydrogens (tertiary/aromatic N) is 2. The number of carbonyl (C=O) groups excluding carboxylic acids is 3. The Labute approximate surface area is 217 Å². The Bertz CT molecular complexity index is 1370. The van der Waals surface area contributed by atoms with Gasteiger partial charge in [-0.2, -0.15) is 5.10 Å². The monoisotopic (exact) mass is 502 g/mol. The Kier molecular flexibility index (Phi) is 7.06. The van der Waals surface area contributed by atoms with Crippen molar-refractivity contribution in [1.82, 2.24) is 9.78 Å².